The Kier molecular flexibility index (Phi) is 5.24. The maximum Gasteiger partial charge on any atom is 0.263 e. The zero-order valence-corrected chi connectivity index (χ0v) is 19.2. The molecule has 31 heavy (non-hydrogen) atoms. The fraction of sp³-hybridized carbons (Fsp3) is 0.208. The van der Waals surface area contributed by atoms with E-state index in [1.807, 2.05) is 54.6 Å². The molecule has 0 saturated heterocycles. The SMILES string of the molecule is COc1ccc(-c2nc3sc4c(c3c(=O)n2Cc2ccccc2)CCC(Br)C4=O)cc1. The molecule has 0 bridgehead atoms. The Morgan fingerprint density at radius 3 is 2.58 bits per heavy atom. The average molecular weight is 495 g/mol. The number of benzene rings is 2. The van der Waals surface area contributed by atoms with Crippen molar-refractivity contribution < 1.29 is 9.53 Å². The molecule has 5 nitrogen and oxygen atoms in total. The molecule has 1 atom stereocenters. The van der Waals surface area contributed by atoms with E-state index in [1.165, 1.54) is 11.3 Å². The number of ether oxygens (including phenoxy) is 1. The van der Waals surface area contributed by atoms with Crippen molar-refractivity contribution in [3.63, 3.8) is 0 Å². The van der Waals surface area contributed by atoms with Gasteiger partial charge < -0.3 is 4.74 Å². The molecule has 2 heterocycles. The molecule has 4 aromatic rings. The van der Waals surface area contributed by atoms with Crippen molar-refractivity contribution in [2.24, 2.45) is 0 Å². The number of thiophene rings is 1. The highest BCUT2D eigenvalue weighted by Gasteiger charge is 2.31. The fourth-order valence-corrected chi connectivity index (χ4v) is 5.81. The highest BCUT2D eigenvalue weighted by Crippen LogP contribution is 2.37. The van der Waals surface area contributed by atoms with Gasteiger partial charge in [-0.3, -0.25) is 14.2 Å². The molecule has 0 aliphatic heterocycles. The van der Waals surface area contributed by atoms with E-state index in [9.17, 15) is 9.59 Å². The van der Waals surface area contributed by atoms with E-state index in [2.05, 4.69) is 15.9 Å². The molecule has 2 aromatic heterocycles. The van der Waals surface area contributed by atoms with Gasteiger partial charge >= 0.3 is 0 Å². The van der Waals surface area contributed by atoms with Gasteiger partial charge in [-0.15, -0.1) is 11.3 Å². The van der Waals surface area contributed by atoms with Crippen molar-refractivity contribution in [1.29, 1.82) is 0 Å². The molecule has 2 aromatic carbocycles. The molecule has 1 aliphatic rings. The molecule has 0 N–H and O–H groups in total. The Labute approximate surface area is 191 Å². The first-order chi connectivity index (χ1) is 15.1. The van der Waals surface area contributed by atoms with Crippen LogP contribution in [0.2, 0.25) is 0 Å². The number of halogens is 1. The Balaban J connectivity index is 1.76. The van der Waals surface area contributed by atoms with Crippen molar-refractivity contribution in [3.8, 4) is 17.1 Å². The molecule has 0 saturated carbocycles. The third kappa shape index (κ3) is 3.51. The molecule has 0 fully saturated rings. The Morgan fingerprint density at radius 1 is 1.13 bits per heavy atom. The topological polar surface area (TPSA) is 61.2 Å². The zero-order chi connectivity index (χ0) is 21.5. The number of carbonyl (C=O) groups excluding carboxylic acids is 1. The molecule has 0 spiro atoms. The number of Topliss-reactive ketones (excluding diaryl/α,β-unsaturated/α-hetero) is 1. The van der Waals surface area contributed by atoms with Gasteiger partial charge in [0.05, 0.1) is 28.7 Å². The Morgan fingerprint density at radius 2 is 1.87 bits per heavy atom. The van der Waals surface area contributed by atoms with Crippen molar-refractivity contribution in [2.75, 3.05) is 7.11 Å². The van der Waals surface area contributed by atoms with Crippen LogP contribution < -0.4 is 10.3 Å². The van der Waals surface area contributed by atoms with Gasteiger partial charge in [0.2, 0.25) is 0 Å². The molecule has 156 valence electrons. The third-order valence-corrected chi connectivity index (χ3v) is 7.61. The summed E-state index contributed by atoms with van der Waals surface area (Å²) in [5, 5.41) is 0.584. The molecule has 1 unspecified atom stereocenters. The summed E-state index contributed by atoms with van der Waals surface area (Å²) in [6, 6.07) is 17.4. The minimum Gasteiger partial charge on any atom is -0.497 e. The van der Waals surface area contributed by atoms with Crippen molar-refractivity contribution in [1.82, 2.24) is 9.55 Å². The molecule has 7 heteroatoms. The van der Waals surface area contributed by atoms with Crippen LogP contribution in [0.1, 0.15) is 27.2 Å². The summed E-state index contributed by atoms with van der Waals surface area (Å²) in [5.41, 5.74) is 2.59. The number of hydrogen-bond donors (Lipinski definition) is 0. The molecule has 0 radical (unpaired) electrons. The number of rotatable bonds is 4. The van der Waals surface area contributed by atoms with Gasteiger partial charge in [-0.2, -0.15) is 0 Å². The molecular weight excluding hydrogens is 476 g/mol. The van der Waals surface area contributed by atoms with Gasteiger partial charge in [-0.1, -0.05) is 46.3 Å². The summed E-state index contributed by atoms with van der Waals surface area (Å²) in [7, 11) is 1.62. The van der Waals surface area contributed by atoms with E-state index in [4.69, 9.17) is 9.72 Å². The van der Waals surface area contributed by atoms with E-state index in [0.717, 1.165) is 22.4 Å². The first kappa shape index (κ1) is 20.2. The number of nitrogens with zero attached hydrogens (tertiary/aromatic N) is 2. The first-order valence-corrected chi connectivity index (χ1v) is 11.7. The average Bonchev–Trinajstić information content (AvgIpc) is 3.18. The van der Waals surface area contributed by atoms with E-state index in [-0.39, 0.29) is 16.2 Å². The van der Waals surface area contributed by atoms with Crippen LogP contribution in [0.25, 0.3) is 21.6 Å². The van der Waals surface area contributed by atoms with Gasteiger partial charge in [-0.05, 0) is 48.2 Å². The Hall–Kier alpha value is -2.77. The zero-order valence-electron chi connectivity index (χ0n) is 16.8. The predicted octanol–water partition coefficient (Wildman–Crippen LogP) is 5.07. The summed E-state index contributed by atoms with van der Waals surface area (Å²) >= 11 is 4.79. The van der Waals surface area contributed by atoms with Crippen LogP contribution in [0.4, 0.5) is 0 Å². The van der Waals surface area contributed by atoms with Crippen LogP contribution in [0.5, 0.6) is 5.75 Å². The van der Waals surface area contributed by atoms with E-state index in [0.29, 0.717) is 40.3 Å². The summed E-state index contributed by atoms with van der Waals surface area (Å²) in [6.45, 7) is 0.406. The number of hydrogen-bond acceptors (Lipinski definition) is 5. The summed E-state index contributed by atoms with van der Waals surface area (Å²) in [5.74, 6) is 1.37. The standard InChI is InChI=1S/C24H19BrN2O3S/c1-30-16-9-7-15(8-10-16)22-26-23-19(17-11-12-18(25)20(28)21(17)31-23)24(29)27(22)13-14-5-3-2-4-6-14/h2-10,18H,11-13H2,1H3. The highest BCUT2D eigenvalue weighted by molar-refractivity contribution is 9.10. The van der Waals surface area contributed by atoms with Gasteiger partial charge in [-0.25, -0.2) is 4.98 Å². The predicted molar refractivity (Wildman–Crippen MR) is 127 cm³/mol. The minimum atomic E-state index is -0.194. The van der Waals surface area contributed by atoms with Crippen LogP contribution in [-0.2, 0) is 13.0 Å². The smallest absolute Gasteiger partial charge is 0.263 e. The Bertz CT molecular complexity index is 1340. The van der Waals surface area contributed by atoms with Crippen molar-refractivity contribution >= 4 is 43.3 Å². The van der Waals surface area contributed by atoms with E-state index in [1.54, 1.807) is 11.7 Å². The van der Waals surface area contributed by atoms with Crippen molar-refractivity contribution in [2.45, 2.75) is 24.2 Å². The lowest BCUT2D eigenvalue weighted by Gasteiger charge is -2.16. The molecular formula is C24H19BrN2O3S. The summed E-state index contributed by atoms with van der Waals surface area (Å²) in [6.07, 6.45) is 1.39. The first-order valence-electron chi connectivity index (χ1n) is 9.99. The number of fused-ring (bicyclic) bond motifs is 3. The van der Waals surface area contributed by atoms with Crippen LogP contribution in [0, 0.1) is 0 Å². The second-order valence-electron chi connectivity index (χ2n) is 7.50. The lowest BCUT2D eigenvalue weighted by molar-refractivity contribution is 0.0986. The van der Waals surface area contributed by atoms with Gasteiger partial charge in [0.1, 0.15) is 16.4 Å². The fourth-order valence-electron chi connectivity index (χ4n) is 3.99. The summed E-state index contributed by atoms with van der Waals surface area (Å²) in [4.78, 5) is 32.5. The second kappa shape index (κ2) is 8.05. The number of ketones is 1. The van der Waals surface area contributed by atoms with Gasteiger partial charge in [0, 0.05) is 5.56 Å². The van der Waals surface area contributed by atoms with Gasteiger partial charge in [0.15, 0.2) is 5.78 Å². The van der Waals surface area contributed by atoms with Crippen LogP contribution in [0.3, 0.4) is 0 Å². The van der Waals surface area contributed by atoms with Crippen LogP contribution in [0.15, 0.2) is 59.4 Å². The number of carbonyl (C=O) groups is 1. The maximum absolute atomic E-state index is 13.8. The molecule has 5 rings (SSSR count). The number of aromatic nitrogens is 2. The van der Waals surface area contributed by atoms with Crippen LogP contribution >= 0.6 is 27.3 Å². The van der Waals surface area contributed by atoms with Crippen LogP contribution in [-0.4, -0.2) is 27.3 Å². The lowest BCUT2D eigenvalue weighted by atomic mass is 9.96. The maximum atomic E-state index is 13.8. The number of alkyl halides is 1. The van der Waals surface area contributed by atoms with Crippen molar-refractivity contribution in [3.05, 3.63) is 81.0 Å². The number of methoxy groups -OCH3 is 1. The minimum absolute atomic E-state index is 0.0456. The quantitative estimate of drug-likeness (QED) is 0.371. The molecule has 1 aliphatic carbocycles. The lowest BCUT2D eigenvalue weighted by Crippen LogP contribution is -2.26. The largest absolute Gasteiger partial charge is 0.497 e. The number of aryl methyl sites for hydroxylation is 1. The highest BCUT2D eigenvalue weighted by atomic mass is 79.9. The second-order valence-corrected chi connectivity index (χ2v) is 9.61. The van der Waals surface area contributed by atoms with E-state index < -0.39 is 0 Å². The monoisotopic (exact) mass is 494 g/mol. The molecule has 0 amide bonds. The van der Waals surface area contributed by atoms with Gasteiger partial charge in [0.25, 0.3) is 5.56 Å². The van der Waals surface area contributed by atoms with E-state index >= 15 is 0 Å². The summed E-state index contributed by atoms with van der Waals surface area (Å²) < 4.78 is 6.99. The third-order valence-electron chi connectivity index (χ3n) is 5.60. The normalized spacial score (nSPS) is 15.8.